The molecule has 0 spiro atoms. The molecule has 0 fully saturated rings. The van der Waals surface area contributed by atoms with Crippen molar-refractivity contribution in [3.8, 4) is 11.5 Å². The molecule has 1 aliphatic rings. The highest BCUT2D eigenvalue weighted by molar-refractivity contribution is 9.10. The van der Waals surface area contributed by atoms with E-state index in [1.54, 1.807) is 14.2 Å². The minimum atomic E-state index is 0.0148. The normalized spacial score (nSPS) is 16.7. The van der Waals surface area contributed by atoms with Gasteiger partial charge in [0.25, 0.3) is 0 Å². The van der Waals surface area contributed by atoms with Gasteiger partial charge in [-0.15, -0.1) is 0 Å². The number of hydrazone groups is 1. The summed E-state index contributed by atoms with van der Waals surface area (Å²) in [6.45, 7) is 0. The Bertz CT molecular complexity index is 747. The molecule has 4 nitrogen and oxygen atoms in total. The first-order valence-electron chi connectivity index (χ1n) is 7.12. The van der Waals surface area contributed by atoms with Crippen LogP contribution in [-0.2, 0) is 0 Å². The van der Waals surface area contributed by atoms with Gasteiger partial charge in [-0.2, -0.15) is 5.10 Å². The van der Waals surface area contributed by atoms with Crippen LogP contribution in [0.15, 0.2) is 46.0 Å². The van der Waals surface area contributed by atoms with Gasteiger partial charge in [0.15, 0.2) is 11.5 Å². The standard InChI is InChI=1S/C17H16BrClN2O2/c1-22-15-8-7-12(16(19)17(15)23-2)14-9-13(20-21-14)10-3-5-11(18)6-4-10/h3-8,14,21H,9H2,1-2H3. The van der Waals surface area contributed by atoms with Crippen molar-refractivity contribution in [1.29, 1.82) is 0 Å². The van der Waals surface area contributed by atoms with E-state index < -0.39 is 0 Å². The lowest BCUT2D eigenvalue weighted by Gasteiger charge is -2.16. The summed E-state index contributed by atoms with van der Waals surface area (Å²) < 4.78 is 11.7. The number of hydrogen-bond donors (Lipinski definition) is 1. The molecule has 0 aliphatic carbocycles. The topological polar surface area (TPSA) is 42.8 Å². The van der Waals surface area contributed by atoms with Crippen molar-refractivity contribution in [3.63, 3.8) is 0 Å². The summed E-state index contributed by atoms with van der Waals surface area (Å²) in [7, 11) is 3.18. The first kappa shape index (κ1) is 16.1. The Morgan fingerprint density at radius 3 is 2.52 bits per heavy atom. The average molecular weight is 396 g/mol. The third-order valence-electron chi connectivity index (χ3n) is 3.82. The predicted molar refractivity (Wildman–Crippen MR) is 95.7 cm³/mol. The van der Waals surface area contributed by atoms with E-state index in [4.69, 9.17) is 21.1 Å². The summed E-state index contributed by atoms with van der Waals surface area (Å²) in [5, 5.41) is 5.01. The van der Waals surface area contributed by atoms with Crippen LogP contribution in [-0.4, -0.2) is 19.9 Å². The van der Waals surface area contributed by atoms with Crippen LogP contribution in [0, 0.1) is 0 Å². The van der Waals surface area contributed by atoms with E-state index in [9.17, 15) is 0 Å². The third-order valence-corrected chi connectivity index (χ3v) is 4.74. The van der Waals surface area contributed by atoms with Crippen LogP contribution >= 0.6 is 27.5 Å². The fourth-order valence-electron chi connectivity index (χ4n) is 2.62. The van der Waals surface area contributed by atoms with E-state index in [0.29, 0.717) is 16.5 Å². The van der Waals surface area contributed by atoms with E-state index in [-0.39, 0.29) is 6.04 Å². The number of halogens is 2. The monoisotopic (exact) mass is 394 g/mol. The molecular weight excluding hydrogens is 380 g/mol. The molecule has 120 valence electrons. The molecule has 1 heterocycles. The second-order valence-electron chi connectivity index (χ2n) is 5.16. The highest BCUT2D eigenvalue weighted by Gasteiger charge is 2.25. The predicted octanol–water partition coefficient (Wildman–Crippen LogP) is 4.56. The zero-order chi connectivity index (χ0) is 16.4. The Balaban J connectivity index is 1.84. The van der Waals surface area contributed by atoms with Gasteiger partial charge in [0, 0.05) is 10.9 Å². The maximum atomic E-state index is 6.49. The largest absolute Gasteiger partial charge is 0.493 e. The number of ether oxygens (including phenoxy) is 2. The Kier molecular flexibility index (Phi) is 4.78. The molecule has 0 radical (unpaired) electrons. The molecule has 0 amide bonds. The number of nitrogens with one attached hydrogen (secondary N) is 1. The molecule has 0 aromatic heterocycles. The molecule has 1 N–H and O–H groups in total. The molecule has 0 saturated carbocycles. The average Bonchev–Trinajstić information content (AvgIpc) is 3.04. The van der Waals surface area contributed by atoms with Gasteiger partial charge in [-0.25, -0.2) is 0 Å². The van der Waals surface area contributed by atoms with Crippen LogP contribution in [0.5, 0.6) is 11.5 Å². The number of hydrogen-bond acceptors (Lipinski definition) is 4. The van der Waals surface area contributed by atoms with Crippen molar-refractivity contribution < 1.29 is 9.47 Å². The van der Waals surface area contributed by atoms with Gasteiger partial charge < -0.3 is 14.9 Å². The van der Waals surface area contributed by atoms with E-state index in [0.717, 1.165) is 27.7 Å². The van der Waals surface area contributed by atoms with E-state index in [2.05, 4.69) is 26.5 Å². The first-order chi connectivity index (χ1) is 11.1. The van der Waals surface area contributed by atoms with Gasteiger partial charge in [0.1, 0.15) is 0 Å². The maximum Gasteiger partial charge on any atom is 0.179 e. The van der Waals surface area contributed by atoms with Crippen LogP contribution in [0.3, 0.4) is 0 Å². The summed E-state index contributed by atoms with van der Waals surface area (Å²) in [6.07, 6.45) is 0.761. The zero-order valence-electron chi connectivity index (χ0n) is 12.8. The lowest BCUT2D eigenvalue weighted by molar-refractivity contribution is 0.354. The summed E-state index contributed by atoms with van der Waals surface area (Å²) in [5.41, 5.74) is 6.21. The lowest BCUT2D eigenvalue weighted by Crippen LogP contribution is -2.11. The number of rotatable bonds is 4. The highest BCUT2D eigenvalue weighted by Crippen LogP contribution is 2.41. The molecule has 2 aromatic carbocycles. The minimum absolute atomic E-state index is 0.0148. The van der Waals surface area contributed by atoms with Crippen molar-refractivity contribution in [2.45, 2.75) is 12.5 Å². The number of methoxy groups -OCH3 is 2. The molecule has 1 unspecified atom stereocenters. The smallest absolute Gasteiger partial charge is 0.179 e. The maximum absolute atomic E-state index is 6.49. The van der Waals surface area contributed by atoms with Crippen LogP contribution in [0.4, 0.5) is 0 Å². The first-order valence-corrected chi connectivity index (χ1v) is 8.29. The van der Waals surface area contributed by atoms with Gasteiger partial charge >= 0.3 is 0 Å². The van der Waals surface area contributed by atoms with Gasteiger partial charge in [0.2, 0.25) is 0 Å². The Hall–Kier alpha value is -1.72. The van der Waals surface area contributed by atoms with E-state index >= 15 is 0 Å². The molecule has 3 rings (SSSR count). The molecule has 0 bridgehead atoms. The quantitative estimate of drug-likeness (QED) is 0.825. The number of nitrogens with zero attached hydrogens (tertiary/aromatic N) is 1. The molecule has 1 aliphatic heterocycles. The minimum Gasteiger partial charge on any atom is -0.493 e. The molecule has 2 aromatic rings. The van der Waals surface area contributed by atoms with Gasteiger partial charge in [0.05, 0.1) is 31.0 Å². The summed E-state index contributed by atoms with van der Waals surface area (Å²) in [6, 6.07) is 11.9. The van der Waals surface area contributed by atoms with Crippen LogP contribution < -0.4 is 14.9 Å². The van der Waals surface area contributed by atoms with E-state index in [1.165, 1.54) is 0 Å². The van der Waals surface area contributed by atoms with Crippen LogP contribution in [0.2, 0.25) is 5.02 Å². The molecular formula is C17H16BrClN2O2. The summed E-state index contributed by atoms with van der Waals surface area (Å²) in [5.74, 6) is 1.17. The Morgan fingerprint density at radius 2 is 1.87 bits per heavy atom. The van der Waals surface area contributed by atoms with Gasteiger partial charge in [-0.3, -0.25) is 0 Å². The summed E-state index contributed by atoms with van der Waals surface area (Å²) >= 11 is 9.93. The van der Waals surface area contributed by atoms with Gasteiger partial charge in [-0.1, -0.05) is 45.7 Å². The lowest BCUT2D eigenvalue weighted by atomic mass is 9.98. The van der Waals surface area contributed by atoms with Crippen molar-refractivity contribution in [2.24, 2.45) is 5.10 Å². The van der Waals surface area contributed by atoms with Crippen molar-refractivity contribution >= 4 is 33.2 Å². The fraction of sp³-hybridized carbons (Fsp3) is 0.235. The Labute approximate surface area is 148 Å². The van der Waals surface area contributed by atoms with E-state index in [1.807, 2.05) is 36.4 Å². The Morgan fingerprint density at radius 1 is 1.13 bits per heavy atom. The van der Waals surface area contributed by atoms with Crippen LogP contribution in [0.1, 0.15) is 23.6 Å². The second kappa shape index (κ2) is 6.81. The fourth-order valence-corrected chi connectivity index (χ4v) is 3.25. The van der Waals surface area contributed by atoms with Gasteiger partial charge in [-0.05, 0) is 29.3 Å². The SMILES string of the molecule is COc1ccc(C2CC(c3ccc(Br)cc3)=NN2)c(Cl)c1OC. The van der Waals surface area contributed by atoms with Crippen molar-refractivity contribution in [3.05, 3.63) is 57.0 Å². The highest BCUT2D eigenvalue weighted by atomic mass is 79.9. The molecule has 6 heteroatoms. The van der Waals surface area contributed by atoms with Crippen molar-refractivity contribution in [2.75, 3.05) is 14.2 Å². The second-order valence-corrected chi connectivity index (χ2v) is 6.45. The molecule has 0 saturated heterocycles. The molecule has 23 heavy (non-hydrogen) atoms. The number of benzene rings is 2. The summed E-state index contributed by atoms with van der Waals surface area (Å²) in [4.78, 5) is 0. The van der Waals surface area contributed by atoms with Crippen LogP contribution in [0.25, 0.3) is 0 Å². The molecule has 1 atom stereocenters. The zero-order valence-corrected chi connectivity index (χ0v) is 15.1. The van der Waals surface area contributed by atoms with Crippen molar-refractivity contribution in [1.82, 2.24) is 5.43 Å². The third kappa shape index (κ3) is 3.16.